The van der Waals surface area contributed by atoms with Crippen LogP contribution in [0, 0.1) is 6.92 Å². The Morgan fingerprint density at radius 1 is 0.472 bits per heavy atom. The number of hydrogen-bond acceptors (Lipinski definition) is 2. The summed E-state index contributed by atoms with van der Waals surface area (Å²) in [5.74, 6) is 0. The van der Waals surface area contributed by atoms with Gasteiger partial charge >= 0.3 is 0 Å². The first-order chi connectivity index (χ1) is 26.2. The highest BCUT2D eigenvalue weighted by molar-refractivity contribution is 7.99. The van der Waals surface area contributed by atoms with Crippen LogP contribution in [0.2, 0.25) is 0 Å². The van der Waals surface area contributed by atoms with Crippen LogP contribution in [-0.2, 0) is 5.41 Å². The van der Waals surface area contributed by atoms with E-state index in [0.717, 1.165) is 11.4 Å². The first-order valence-corrected chi connectivity index (χ1v) is 19.1. The molecule has 250 valence electrons. The molecule has 0 aliphatic carbocycles. The smallest absolute Gasteiger partial charge is 0.0764 e. The highest BCUT2D eigenvalue weighted by Crippen LogP contribution is 2.61. The first kappa shape index (κ1) is 30.3. The molecular formula is C50H34N2S. The van der Waals surface area contributed by atoms with Crippen LogP contribution in [0.15, 0.2) is 198 Å². The molecule has 2 aliphatic heterocycles. The maximum Gasteiger partial charge on any atom is 0.0764 e. The van der Waals surface area contributed by atoms with Gasteiger partial charge in [0.1, 0.15) is 0 Å². The van der Waals surface area contributed by atoms with Gasteiger partial charge in [-0.2, -0.15) is 0 Å². The van der Waals surface area contributed by atoms with Gasteiger partial charge in [0.15, 0.2) is 0 Å². The van der Waals surface area contributed by atoms with Gasteiger partial charge in [-0.25, -0.2) is 0 Å². The van der Waals surface area contributed by atoms with E-state index in [4.69, 9.17) is 0 Å². The molecule has 3 heteroatoms. The molecule has 1 unspecified atom stereocenters. The highest BCUT2D eigenvalue weighted by Gasteiger charge is 2.49. The Labute approximate surface area is 313 Å². The van der Waals surface area contributed by atoms with Crippen molar-refractivity contribution < 1.29 is 0 Å². The van der Waals surface area contributed by atoms with Gasteiger partial charge in [0.25, 0.3) is 0 Å². The summed E-state index contributed by atoms with van der Waals surface area (Å²) in [7, 11) is 0. The highest BCUT2D eigenvalue weighted by atomic mass is 32.2. The molecular weight excluding hydrogens is 661 g/mol. The number of anilines is 3. The van der Waals surface area contributed by atoms with E-state index in [1.165, 1.54) is 81.9 Å². The van der Waals surface area contributed by atoms with Crippen molar-refractivity contribution in [1.29, 1.82) is 0 Å². The van der Waals surface area contributed by atoms with E-state index < -0.39 is 5.41 Å². The molecule has 0 saturated carbocycles. The third-order valence-electron chi connectivity index (χ3n) is 11.4. The Morgan fingerprint density at radius 3 is 1.89 bits per heavy atom. The van der Waals surface area contributed by atoms with Crippen molar-refractivity contribution >= 4 is 50.6 Å². The molecule has 1 aromatic heterocycles. The summed E-state index contributed by atoms with van der Waals surface area (Å²) < 4.78 is 2.52. The molecule has 8 aromatic carbocycles. The summed E-state index contributed by atoms with van der Waals surface area (Å²) in [5, 5.41) is 2.59. The van der Waals surface area contributed by atoms with Crippen LogP contribution in [0.5, 0.6) is 0 Å². The van der Waals surface area contributed by atoms with Crippen molar-refractivity contribution in [1.82, 2.24) is 4.57 Å². The number of aryl methyl sites for hydroxylation is 1. The first-order valence-electron chi connectivity index (χ1n) is 18.3. The third-order valence-corrected chi connectivity index (χ3v) is 12.5. The minimum absolute atomic E-state index is 0.513. The molecule has 53 heavy (non-hydrogen) atoms. The number of fused-ring (bicyclic) bond motifs is 11. The van der Waals surface area contributed by atoms with Crippen LogP contribution in [0.4, 0.5) is 17.1 Å². The summed E-state index contributed by atoms with van der Waals surface area (Å²) in [6.07, 6.45) is 0. The zero-order valence-corrected chi connectivity index (χ0v) is 30.0. The van der Waals surface area contributed by atoms with Gasteiger partial charge in [0.2, 0.25) is 0 Å². The lowest BCUT2D eigenvalue weighted by Gasteiger charge is -2.45. The summed E-state index contributed by atoms with van der Waals surface area (Å²) in [6.45, 7) is 2.21. The molecule has 0 N–H and O–H groups in total. The van der Waals surface area contributed by atoms with E-state index in [1.54, 1.807) is 0 Å². The second-order valence-electron chi connectivity index (χ2n) is 14.1. The predicted molar refractivity (Wildman–Crippen MR) is 222 cm³/mol. The van der Waals surface area contributed by atoms with Crippen LogP contribution >= 0.6 is 11.8 Å². The monoisotopic (exact) mass is 694 g/mol. The SMILES string of the molecule is Cc1ccc(-c2ccc3c(c2)C2(c4ccccc4S3)c3ccccc3-n3c4ccccc4c4cccc2c43)cc1N(c1ccccc1)c1ccccc1. The lowest BCUT2D eigenvalue weighted by Crippen LogP contribution is -2.37. The molecule has 0 bridgehead atoms. The van der Waals surface area contributed by atoms with Crippen LogP contribution in [-0.4, -0.2) is 4.57 Å². The Balaban J connectivity index is 1.19. The van der Waals surface area contributed by atoms with E-state index in [1.807, 2.05) is 11.8 Å². The number of aromatic nitrogens is 1. The molecule has 1 spiro atoms. The largest absolute Gasteiger partial charge is 0.310 e. The van der Waals surface area contributed by atoms with Crippen LogP contribution < -0.4 is 4.90 Å². The Bertz CT molecular complexity index is 2850. The second kappa shape index (κ2) is 11.6. The zero-order chi connectivity index (χ0) is 35.1. The minimum atomic E-state index is -0.513. The number of para-hydroxylation sites is 5. The lowest BCUT2D eigenvalue weighted by molar-refractivity contribution is 0.690. The van der Waals surface area contributed by atoms with Gasteiger partial charge in [-0.3, -0.25) is 0 Å². The molecule has 0 radical (unpaired) electrons. The molecule has 0 saturated heterocycles. The summed E-state index contributed by atoms with van der Waals surface area (Å²) in [5.41, 5.74) is 15.7. The van der Waals surface area contributed by atoms with Gasteiger partial charge in [-0.15, -0.1) is 0 Å². The number of rotatable bonds is 4. The summed E-state index contributed by atoms with van der Waals surface area (Å²) in [4.78, 5) is 4.98. The number of benzene rings is 8. The fraction of sp³-hybridized carbons (Fsp3) is 0.0400. The normalized spacial score (nSPS) is 15.3. The lowest BCUT2D eigenvalue weighted by atomic mass is 9.62. The van der Waals surface area contributed by atoms with Gasteiger partial charge in [0.05, 0.1) is 22.1 Å². The predicted octanol–water partition coefficient (Wildman–Crippen LogP) is 13.4. The maximum absolute atomic E-state index is 2.52. The van der Waals surface area contributed by atoms with Crippen molar-refractivity contribution in [3.05, 3.63) is 216 Å². The van der Waals surface area contributed by atoms with Gasteiger partial charge in [-0.1, -0.05) is 139 Å². The third kappa shape index (κ3) is 4.29. The average molecular weight is 695 g/mol. The maximum atomic E-state index is 2.52. The van der Waals surface area contributed by atoms with Crippen LogP contribution in [0.3, 0.4) is 0 Å². The molecule has 2 aliphatic rings. The van der Waals surface area contributed by atoms with Crippen LogP contribution in [0.1, 0.15) is 27.8 Å². The van der Waals surface area contributed by atoms with Crippen molar-refractivity contribution in [3.8, 4) is 16.8 Å². The Morgan fingerprint density at radius 2 is 1.08 bits per heavy atom. The Hall–Kier alpha value is -6.29. The Kier molecular flexibility index (Phi) is 6.65. The summed E-state index contributed by atoms with van der Waals surface area (Å²) >= 11 is 1.89. The van der Waals surface area contributed by atoms with E-state index in [-0.39, 0.29) is 0 Å². The van der Waals surface area contributed by atoms with Gasteiger partial charge in [0, 0.05) is 37.6 Å². The number of hydrogen-bond donors (Lipinski definition) is 0. The fourth-order valence-electron chi connectivity index (χ4n) is 9.11. The van der Waals surface area contributed by atoms with E-state index in [9.17, 15) is 0 Å². The average Bonchev–Trinajstić information content (AvgIpc) is 3.56. The summed E-state index contributed by atoms with van der Waals surface area (Å²) in [6, 6.07) is 69.5. The van der Waals surface area contributed by atoms with Crippen LogP contribution in [0.25, 0.3) is 38.6 Å². The standard InChI is InChI=1S/C50H34N2S/c1-33-27-28-35(32-46(33)51(36-15-4-2-5-16-36)37-17-6-3-7-18-37)34-29-30-48-43(31-34)50(41-22-10-13-26-47(41)53-48)40-21-9-12-25-45(40)52-44-24-11-8-19-38(44)39-20-14-23-42(50)49(39)52/h2-32H,1H3. The van der Waals surface area contributed by atoms with Crippen molar-refractivity contribution in [2.75, 3.05) is 4.90 Å². The molecule has 3 heterocycles. The second-order valence-corrected chi connectivity index (χ2v) is 15.2. The van der Waals surface area contributed by atoms with Gasteiger partial charge < -0.3 is 9.47 Å². The van der Waals surface area contributed by atoms with Crippen molar-refractivity contribution in [3.63, 3.8) is 0 Å². The molecule has 0 fully saturated rings. The van der Waals surface area contributed by atoms with Gasteiger partial charge in [-0.05, 0) is 107 Å². The molecule has 2 nitrogen and oxygen atoms in total. The minimum Gasteiger partial charge on any atom is -0.310 e. The zero-order valence-electron chi connectivity index (χ0n) is 29.2. The van der Waals surface area contributed by atoms with Crippen molar-refractivity contribution in [2.45, 2.75) is 22.1 Å². The molecule has 9 aromatic rings. The topological polar surface area (TPSA) is 8.17 Å². The van der Waals surface area contributed by atoms with E-state index >= 15 is 0 Å². The molecule has 1 atom stereocenters. The van der Waals surface area contributed by atoms with E-state index in [2.05, 4.69) is 204 Å². The van der Waals surface area contributed by atoms with E-state index in [0.29, 0.717) is 0 Å². The quantitative estimate of drug-likeness (QED) is 0.181. The van der Waals surface area contributed by atoms with Crippen molar-refractivity contribution in [2.24, 2.45) is 0 Å². The fourth-order valence-corrected chi connectivity index (χ4v) is 10.3. The molecule has 11 rings (SSSR count). The number of nitrogens with zero attached hydrogens (tertiary/aromatic N) is 2. The molecule has 0 amide bonds.